The van der Waals surface area contributed by atoms with E-state index in [1.807, 2.05) is 4.90 Å². The van der Waals surface area contributed by atoms with Crippen LogP contribution in [0.3, 0.4) is 0 Å². The fourth-order valence-electron chi connectivity index (χ4n) is 2.78. The summed E-state index contributed by atoms with van der Waals surface area (Å²) < 4.78 is 13.4. The van der Waals surface area contributed by atoms with Gasteiger partial charge in [0.15, 0.2) is 0 Å². The molecule has 5 heteroatoms. The van der Waals surface area contributed by atoms with E-state index < -0.39 is 5.82 Å². The maximum Gasteiger partial charge on any atom is 0.206 e. The summed E-state index contributed by atoms with van der Waals surface area (Å²) in [5.41, 5.74) is 6.78. The Morgan fingerprint density at radius 1 is 1.43 bits per heavy atom. The number of halogens is 1. The minimum Gasteiger partial charge on any atom is -0.494 e. The second kappa shape index (κ2) is 5.76. The highest BCUT2D eigenvalue weighted by Crippen LogP contribution is 2.38. The van der Waals surface area contributed by atoms with Gasteiger partial charge in [-0.25, -0.2) is 4.39 Å². The first-order valence-electron chi connectivity index (χ1n) is 7.37. The highest BCUT2D eigenvalue weighted by atomic mass is 19.1. The van der Waals surface area contributed by atoms with Crippen LogP contribution in [0.5, 0.6) is 0 Å². The number of benzene rings is 1. The third kappa shape index (κ3) is 3.17. The van der Waals surface area contributed by atoms with E-state index in [1.165, 1.54) is 25.1 Å². The number of aliphatic hydroxyl groups excluding tert-OH is 1. The van der Waals surface area contributed by atoms with Crippen LogP contribution in [0.1, 0.15) is 37.3 Å². The second-order valence-corrected chi connectivity index (χ2v) is 5.79. The molecule has 0 spiro atoms. The Kier molecular flexibility index (Phi) is 3.82. The summed E-state index contributed by atoms with van der Waals surface area (Å²) in [5.74, 6) is 0.552. The van der Waals surface area contributed by atoms with Gasteiger partial charge in [0.05, 0.1) is 24.5 Å². The summed E-state index contributed by atoms with van der Waals surface area (Å²) >= 11 is 0. The van der Waals surface area contributed by atoms with E-state index in [0.717, 1.165) is 24.3 Å². The number of hydrogen-bond acceptors (Lipinski definition) is 4. The molecule has 1 aliphatic carbocycles. The second-order valence-electron chi connectivity index (χ2n) is 5.79. The van der Waals surface area contributed by atoms with Gasteiger partial charge in [-0.05, 0) is 36.5 Å². The van der Waals surface area contributed by atoms with Crippen LogP contribution in [0, 0.1) is 11.7 Å². The number of nitrogens with zero attached hydrogens (tertiary/aromatic N) is 2. The summed E-state index contributed by atoms with van der Waals surface area (Å²) in [5, 5.41) is 10.1. The lowest BCUT2D eigenvalue weighted by molar-refractivity contribution is 0.158. The Morgan fingerprint density at radius 2 is 2.24 bits per heavy atom. The molecule has 3 N–H and O–H groups in total. The molecule has 21 heavy (non-hydrogen) atoms. The maximum atomic E-state index is 13.4. The summed E-state index contributed by atoms with van der Waals surface area (Å²) in [6, 6.07) is 4.82. The highest BCUT2D eigenvalue weighted by molar-refractivity contribution is 5.62. The van der Waals surface area contributed by atoms with Crippen LogP contribution >= 0.6 is 0 Å². The maximum absolute atomic E-state index is 13.4. The zero-order valence-corrected chi connectivity index (χ0v) is 11.9. The van der Waals surface area contributed by atoms with Crippen LogP contribution in [-0.4, -0.2) is 22.8 Å². The Morgan fingerprint density at radius 3 is 2.90 bits per heavy atom. The Hall–Kier alpha value is -2.04. The standard InChI is InChI=1S/C16H20FN3O/c17-13-5-4-12(9-14(13)18)15(6-3-11-1-2-11)20-8-7-19-10-16(20)21/h4-5,7,9-11,15,21H,1-3,6,8,18H2. The lowest BCUT2D eigenvalue weighted by Gasteiger charge is -2.33. The van der Waals surface area contributed by atoms with Crippen LogP contribution in [-0.2, 0) is 0 Å². The first-order valence-corrected chi connectivity index (χ1v) is 7.37. The number of nitrogen functional groups attached to an aromatic ring is 1. The third-order valence-electron chi connectivity index (χ3n) is 4.19. The summed E-state index contributed by atoms with van der Waals surface area (Å²) in [4.78, 5) is 5.85. The molecule has 1 saturated carbocycles. The summed E-state index contributed by atoms with van der Waals surface area (Å²) in [6.45, 7) is 0.551. The van der Waals surface area contributed by atoms with Crippen molar-refractivity contribution in [3.05, 3.63) is 41.7 Å². The zero-order chi connectivity index (χ0) is 14.8. The van der Waals surface area contributed by atoms with Gasteiger partial charge in [-0.15, -0.1) is 0 Å². The van der Waals surface area contributed by atoms with E-state index in [1.54, 1.807) is 18.3 Å². The largest absolute Gasteiger partial charge is 0.494 e. The molecule has 112 valence electrons. The van der Waals surface area contributed by atoms with Crippen molar-refractivity contribution in [2.24, 2.45) is 10.9 Å². The average molecular weight is 289 g/mol. The Labute approximate surface area is 123 Å². The molecule has 2 aliphatic rings. The third-order valence-corrected chi connectivity index (χ3v) is 4.19. The Balaban J connectivity index is 1.84. The van der Waals surface area contributed by atoms with E-state index in [9.17, 15) is 9.50 Å². The van der Waals surface area contributed by atoms with Crippen molar-refractivity contribution < 1.29 is 9.50 Å². The minimum absolute atomic E-state index is 0.00324. The minimum atomic E-state index is -0.403. The molecule has 1 heterocycles. The summed E-state index contributed by atoms with van der Waals surface area (Å²) in [7, 11) is 0. The van der Waals surface area contributed by atoms with Gasteiger partial charge in [-0.3, -0.25) is 4.99 Å². The molecule has 1 fully saturated rings. The van der Waals surface area contributed by atoms with Crippen molar-refractivity contribution in [3.63, 3.8) is 0 Å². The molecule has 0 bridgehead atoms. The smallest absolute Gasteiger partial charge is 0.206 e. The molecule has 0 radical (unpaired) electrons. The van der Waals surface area contributed by atoms with Gasteiger partial charge < -0.3 is 15.7 Å². The Bertz CT molecular complexity index is 581. The zero-order valence-electron chi connectivity index (χ0n) is 11.9. The molecule has 4 nitrogen and oxygen atoms in total. The van der Waals surface area contributed by atoms with Gasteiger partial charge in [-0.2, -0.15) is 0 Å². The number of rotatable bonds is 5. The number of nitrogens with two attached hydrogens (primary N) is 1. The average Bonchev–Trinajstić information content (AvgIpc) is 3.29. The lowest BCUT2D eigenvalue weighted by Crippen LogP contribution is -2.31. The molecular weight excluding hydrogens is 269 g/mol. The first-order chi connectivity index (χ1) is 10.1. The molecule has 0 aromatic heterocycles. The predicted molar refractivity (Wildman–Crippen MR) is 81.4 cm³/mol. The molecule has 1 aromatic rings. The van der Waals surface area contributed by atoms with Gasteiger partial charge in [0.1, 0.15) is 5.82 Å². The molecule has 3 rings (SSSR count). The quantitative estimate of drug-likeness (QED) is 0.817. The van der Waals surface area contributed by atoms with Crippen molar-refractivity contribution in [1.82, 2.24) is 4.90 Å². The van der Waals surface area contributed by atoms with E-state index in [0.29, 0.717) is 6.54 Å². The van der Waals surface area contributed by atoms with Gasteiger partial charge in [0.25, 0.3) is 0 Å². The van der Waals surface area contributed by atoms with Crippen molar-refractivity contribution >= 4 is 11.9 Å². The number of aliphatic imine (C=N–C) groups is 1. The van der Waals surface area contributed by atoms with Gasteiger partial charge in [0, 0.05) is 6.21 Å². The van der Waals surface area contributed by atoms with Gasteiger partial charge >= 0.3 is 0 Å². The van der Waals surface area contributed by atoms with Crippen molar-refractivity contribution in [3.8, 4) is 0 Å². The number of hydrogen-bond donors (Lipinski definition) is 2. The summed E-state index contributed by atoms with van der Waals surface area (Å²) in [6.07, 6.45) is 7.82. The first kappa shape index (κ1) is 13.9. The van der Waals surface area contributed by atoms with E-state index in [4.69, 9.17) is 5.73 Å². The van der Waals surface area contributed by atoms with Crippen LogP contribution < -0.4 is 5.73 Å². The monoisotopic (exact) mass is 289 g/mol. The van der Waals surface area contributed by atoms with Gasteiger partial charge in [-0.1, -0.05) is 18.9 Å². The van der Waals surface area contributed by atoms with Crippen LogP contribution in [0.4, 0.5) is 10.1 Å². The molecule has 1 atom stereocenters. The van der Waals surface area contributed by atoms with Crippen molar-refractivity contribution in [2.45, 2.75) is 31.7 Å². The van der Waals surface area contributed by atoms with Crippen LogP contribution in [0.15, 0.2) is 35.3 Å². The normalized spacial score (nSPS) is 19.5. The highest BCUT2D eigenvalue weighted by Gasteiger charge is 2.28. The lowest BCUT2D eigenvalue weighted by atomic mass is 9.98. The predicted octanol–water partition coefficient (Wildman–Crippen LogP) is 3.38. The molecule has 1 aromatic carbocycles. The van der Waals surface area contributed by atoms with Crippen LogP contribution in [0.2, 0.25) is 0 Å². The number of anilines is 1. The SMILES string of the molecule is Nc1cc(C(CCC2CC2)N2CC=NC=C2O)ccc1F. The fraction of sp³-hybridized carbons (Fsp3) is 0.438. The van der Waals surface area contributed by atoms with E-state index >= 15 is 0 Å². The van der Waals surface area contributed by atoms with Crippen molar-refractivity contribution in [1.29, 1.82) is 0 Å². The molecule has 0 saturated heterocycles. The molecule has 0 amide bonds. The van der Waals surface area contributed by atoms with E-state index in [2.05, 4.69) is 4.99 Å². The molecular formula is C16H20FN3O. The van der Waals surface area contributed by atoms with Gasteiger partial charge in [0.2, 0.25) is 5.88 Å². The fourth-order valence-corrected chi connectivity index (χ4v) is 2.78. The van der Waals surface area contributed by atoms with Crippen molar-refractivity contribution in [2.75, 3.05) is 12.3 Å². The topological polar surface area (TPSA) is 61.8 Å². The molecule has 1 unspecified atom stereocenters. The number of aliphatic hydroxyl groups is 1. The van der Waals surface area contributed by atoms with E-state index in [-0.39, 0.29) is 17.6 Å². The molecule has 1 aliphatic heterocycles. The van der Waals surface area contributed by atoms with Crippen LogP contribution in [0.25, 0.3) is 0 Å².